The second-order valence-corrected chi connectivity index (χ2v) is 4.61. The van der Waals surface area contributed by atoms with Crippen molar-refractivity contribution in [3.05, 3.63) is 0 Å². The van der Waals surface area contributed by atoms with Crippen LogP contribution in [0.4, 0.5) is 0 Å². The summed E-state index contributed by atoms with van der Waals surface area (Å²) in [6.45, 7) is 4.56. The second-order valence-electron chi connectivity index (χ2n) is 4.61. The highest BCUT2D eigenvalue weighted by Gasteiger charge is 2.20. The standard InChI is InChI=1S/C13H27NO2/c1-3-4-8-15-9-10-16-13-7-5-6-12(11-13)14-2/h12-14H,3-11H2,1-2H3. The predicted molar refractivity (Wildman–Crippen MR) is 66.8 cm³/mol. The van der Waals surface area contributed by atoms with Gasteiger partial charge in [0.25, 0.3) is 0 Å². The lowest BCUT2D eigenvalue weighted by Gasteiger charge is -2.28. The van der Waals surface area contributed by atoms with Crippen LogP contribution in [0.15, 0.2) is 0 Å². The molecule has 1 rings (SSSR count). The average Bonchev–Trinajstić information content (AvgIpc) is 2.34. The minimum Gasteiger partial charge on any atom is -0.379 e. The van der Waals surface area contributed by atoms with Gasteiger partial charge in [-0.1, -0.05) is 13.3 Å². The highest BCUT2D eigenvalue weighted by molar-refractivity contribution is 4.77. The van der Waals surface area contributed by atoms with Crippen molar-refractivity contribution in [2.24, 2.45) is 0 Å². The van der Waals surface area contributed by atoms with Crippen molar-refractivity contribution in [1.29, 1.82) is 0 Å². The van der Waals surface area contributed by atoms with Gasteiger partial charge >= 0.3 is 0 Å². The molecule has 0 amide bonds. The first-order chi connectivity index (χ1) is 7.86. The molecule has 0 aliphatic heterocycles. The summed E-state index contributed by atoms with van der Waals surface area (Å²) < 4.78 is 11.3. The Balaban J connectivity index is 1.95. The summed E-state index contributed by atoms with van der Waals surface area (Å²) in [5.41, 5.74) is 0. The van der Waals surface area contributed by atoms with E-state index in [1.54, 1.807) is 0 Å². The molecule has 0 saturated heterocycles. The Kier molecular flexibility index (Phi) is 7.81. The van der Waals surface area contributed by atoms with Crippen LogP contribution in [0, 0.1) is 0 Å². The van der Waals surface area contributed by atoms with Crippen LogP contribution in [0.25, 0.3) is 0 Å². The lowest BCUT2D eigenvalue weighted by atomic mass is 9.93. The van der Waals surface area contributed by atoms with Gasteiger partial charge in [0.2, 0.25) is 0 Å². The van der Waals surface area contributed by atoms with Gasteiger partial charge in [0.05, 0.1) is 19.3 Å². The maximum Gasteiger partial charge on any atom is 0.0704 e. The van der Waals surface area contributed by atoms with Gasteiger partial charge in [-0.2, -0.15) is 0 Å². The highest BCUT2D eigenvalue weighted by atomic mass is 16.5. The van der Waals surface area contributed by atoms with Crippen LogP contribution < -0.4 is 5.32 Å². The Bertz CT molecular complexity index is 164. The van der Waals surface area contributed by atoms with Gasteiger partial charge in [-0.15, -0.1) is 0 Å². The summed E-state index contributed by atoms with van der Waals surface area (Å²) in [6.07, 6.45) is 7.76. The van der Waals surface area contributed by atoms with Crippen molar-refractivity contribution in [1.82, 2.24) is 5.32 Å². The van der Waals surface area contributed by atoms with Crippen LogP contribution in [0.5, 0.6) is 0 Å². The van der Waals surface area contributed by atoms with E-state index in [0.717, 1.165) is 32.7 Å². The molecule has 0 radical (unpaired) electrons. The molecule has 1 fully saturated rings. The number of nitrogens with one attached hydrogen (secondary N) is 1. The van der Waals surface area contributed by atoms with Gasteiger partial charge in [-0.25, -0.2) is 0 Å². The van der Waals surface area contributed by atoms with E-state index < -0.39 is 0 Å². The third-order valence-corrected chi connectivity index (χ3v) is 3.26. The number of hydrogen-bond donors (Lipinski definition) is 1. The fourth-order valence-electron chi connectivity index (χ4n) is 2.18. The summed E-state index contributed by atoms with van der Waals surface area (Å²) in [7, 11) is 2.04. The summed E-state index contributed by atoms with van der Waals surface area (Å²) in [5, 5.41) is 3.34. The fraction of sp³-hybridized carbons (Fsp3) is 1.00. The number of ether oxygens (including phenoxy) is 2. The van der Waals surface area contributed by atoms with Crippen molar-refractivity contribution in [3.63, 3.8) is 0 Å². The molecule has 96 valence electrons. The first-order valence-electron chi connectivity index (χ1n) is 6.73. The van der Waals surface area contributed by atoms with Crippen molar-refractivity contribution >= 4 is 0 Å². The van der Waals surface area contributed by atoms with Crippen molar-refractivity contribution in [2.75, 3.05) is 26.9 Å². The summed E-state index contributed by atoms with van der Waals surface area (Å²) in [5.74, 6) is 0. The molecule has 1 aliphatic rings. The van der Waals surface area contributed by atoms with E-state index in [1.807, 2.05) is 7.05 Å². The first-order valence-corrected chi connectivity index (χ1v) is 6.73. The molecule has 0 aromatic heterocycles. The molecule has 0 heterocycles. The van der Waals surface area contributed by atoms with E-state index >= 15 is 0 Å². The summed E-state index contributed by atoms with van der Waals surface area (Å²) in [4.78, 5) is 0. The van der Waals surface area contributed by atoms with Gasteiger partial charge in [-0.3, -0.25) is 0 Å². The molecule has 16 heavy (non-hydrogen) atoms. The van der Waals surface area contributed by atoms with Crippen LogP contribution in [0.1, 0.15) is 45.4 Å². The molecule has 2 unspecified atom stereocenters. The predicted octanol–water partition coefficient (Wildman–Crippen LogP) is 2.35. The Morgan fingerprint density at radius 1 is 1.19 bits per heavy atom. The van der Waals surface area contributed by atoms with Crippen LogP contribution in [0.2, 0.25) is 0 Å². The Morgan fingerprint density at radius 3 is 2.81 bits per heavy atom. The summed E-state index contributed by atoms with van der Waals surface area (Å²) >= 11 is 0. The largest absolute Gasteiger partial charge is 0.379 e. The van der Waals surface area contributed by atoms with Crippen molar-refractivity contribution < 1.29 is 9.47 Å². The van der Waals surface area contributed by atoms with Crippen LogP contribution >= 0.6 is 0 Å². The zero-order valence-corrected chi connectivity index (χ0v) is 10.8. The quantitative estimate of drug-likeness (QED) is 0.648. The maximum atomic E-state index is 5.83. The van der Waals surface area contributed by atoms with E-state index in [-0.39, 0.29) is 0 Å². The topological polar surface area (TPSA) is 30.5 Å². The number of hydrogen-bond acceptors (Lipinski definition) is 3. The Hall–Kier alpha value is -0.120. The van der Waals surface area contributed by atoms with E-state index in [9.17, 15) is 0 Å². The third-order valence-electron chi connectivity index (χ3n) is 3.26. The molecule has 0 bridgehead atoms. The number of rotatable bonds is 8. The smallest absolute Gasteiger partial charge is 0.0704 e. The van der Waals surface area contributed by atoms with Gasteiger partial charge in [0.15, 0.2) is 0 Å². The molecule has 1 N–H and O–H groups in total. The van der Waals surface area contributed by atoms with Gasteiger partial charge in [0.1, 0.15) is 0 Å². The number of unbranched alkanes of at least 4 members (excludes halogenated alkanes) is 1. The zero-order valence-electron chi connectivity index (χ0n) is 10.8. The van der Waals surface area contributed by atoms with E-state index in [1.165, 1.54) is 25.7 Å². The normalized spacial score (nSPS) is 25.9. The first kappa shape index (κ1) is 13.9. The van der Waals surface area contributed by atoms with E-state index in [0.29, 0.717) is 12.1 Å². The van der Waals surface area contributed by atoms with Crippen molar-refractivity contribution in [2.45, 2.75) is 57.6 Å². The van der Waals surface area contributed by atoms with Gasteiger partial charge in [0, 0.05) is 12.6 Å². The van der Waals surface area contributed by atoms with Crippen LogP contribution in [0.3, 0.4) is 0 Å². The van der Waals surface area contributed by atoms with E-state index in [2.05, 4.69) is 12.2 Å². The highest BCUT2D eigenvalue weighted by Crippen LogP contribution is 2.20. The summed E-state index contributed by atoms with van der Waals surface area (Å²) in [6, 6.07) is 0.653. The van der Waals surface area contributed by atoms with Crippen molar-refractivity contribution in [3.8, 4) is 0 Å². The third kappa shape index (κ3) is 5.83. The Labute approximate surface area is 99.9 Å². The van der Waals surface area contributed by atoms with Crippen LogP contribution in [-0.4, -0.2) is 39.0 Å². The molecule has 0 aromatic rings. The average molecular weight is 229 g/mol. The minimum absolute atomic E-state index is 0.445. The monoisotopic (exact) mass is 229 g/mol. The molecule has 0 spiro atoms. The lowest BCUT2D eigenvalue weighted by molar-refractivity contribution is -0.0153. The molecular formula is C13H27NO2. The maximum absolute atomic E-state index is 5.83. The van der Waals surface area contributed by atoms with Crippen LogP contribution in [-0.2, 0) is 9.47 Å². The lowest BCUT2D eigenvalue weighted by Crippen LogP contribution is -2.35. The fourth-order valence-corrected chi connectivity index (χ4v) is 2.18. The molecule has 3 heteroatoms. The SMILES string of the molecule is CCCCOCCOC1CCCC(NC)C1. The molecular weight excluding hydrogens is 202 g/mol. The second kappa shape index (κ2) is 8.97. The molecule has 2 atom stereocenters. The molecule has 0 aromatic carbocycles. The molecule has 1 aliphatic carbocycles. The van der Waals surface area contributed by atoms with Gasteiger partial charge in [-0.05, 0) is 39.2 Å². The Morgan fingerprint density at radius 2 is 2.06 bits per heavy atom. The van der Waals surface area contributed by atoms with E-state index in [4.69, 9.17) is 9.47 Å². The molecule has 3 nitrogen and oxygen atoms in total. The zero-order chi connectivity index (χ0) is 11.6. The molecule has 1 saturated carbocycles. The van der Waals surface area contributed by atoms with Gasteiger partial charge < -0.3 is 14.8 Å². The minimum atomic E-state index is 0.445.